The predicted octanol–water partition coefficient (Wildman–Crippen LogP) is 2.89. The highest BCUT2D eigenvalue weighted by atomic mass is 16.6. The van der Waals surface area contributed by atoms with Crippen LogP contribution in [0.25, 0.3) is 0 Å². The van der Waals surface area contributed by atoms with Crippen LogP contribution in [0.1, 0.15) is 53.9 Å². The van der Waals surface area contributed by atoms with Crippen LogP contribution in [-0.4, -0.2) is 39.8 Å². The highest BCUT2D eigenvalue weighted by Gasteiger charge is 2.55. The molecule has 0 aromatic carbocycles. The molecule has 5 heteroatoms. The Morgan fingerprint density at radius 3 is 2.05 bits per heavy atom. The molecular formula is C14H25NO4. The third kappa shape index (κ3) is 3.19. The largest absolute Gasteiger partial charge is 0.479 e. The minimum absolute atomic E-state index is 0.0440. The van der Waals surface area contributed by atoms with E-state index in [1.165, 1.54) is 4.90 Å². The number of carbonyl (C=O) groups is 2. The first-order valence-electron chi connectivity index (χ1n) is 6.93. The lowest BCUT2D eigenvalue weighted by Gasteiger charge is -2.40. The van der Waals surface area contributed by atoms with E-state index in [1.807, 2.05) is 6.92 Å². The number of hydrogen-bond acceptors (Lipinski definition) is 3. The summed E-state index contributed by atoms with van der Waals surface area (Å²) in [6.45, 7) is 9.30. The van der Waals surface area contributed by atoms with Gasteiger partial charge >= 0.3 is 12.1 Å². The number of hydrogen-bond donors (Lipinski definition) is 1. The van der Waals surface area contributed by atoms with E-state index in [-0.39, 0.29) is 5.92 Å². The number of ether oxygens (including phenoxy) is 1. The lowest BCUT2D eigenvalue weighted by molar-refractivity contribution is -0.153. The zero-order valence-corrected chi connectivity index (χ0v) is 12.5. The first-order valence-corrected chi connectivity index (χ1v) is 6.93. The van der Waals surface area contributed by atoms with E-state index in [2.05, 4.69) is 0 Å². The van der Waals surface area contributed by atoms with Crippen molar-refractivity contribution >= 4 is 12.1 Å². The number of nitrogens with zero attached hydrogens (tertiary/aromatic N) is 1. The second-order valence-corrected chi connectivity index (χ2v) is 6.08. The molecule has 0 bridgehead atoms. The normalized spacial score (nSPS) is 18.6. The zero-order chi connectivity index (χ0) is 14.8. The van der Waals surface area contributed by atoms with Crippen LogP contribution in [0.5, 0.6) is 0 Å². The Bertz CT molecular complexity index is 357. The van der Waals surface area contributed by atoms with Crippen molar-refractivity contribution in [2.45, 2.75) is 65.0 Å². The van der Waals surface area contributed by atoms with Gasteiger partial charge in [-0.2, -0.15) is 0 Å². The number of rotatable bonds is 5. The number of amides is 1. The summed E-state index contributed by atoms with van der Waals surface area (Å²) in [5.41, 5.74) is -1.73. The molecule has 1 aliphatic rings. The molecule has 0 heterocycles. The van der Waals surface area contributed by atoms with Crippen molar-refractivity contribution < 1.29 is 19.4 Å². The maximum absolute atomic E-state index is 12.3. The molecule has 0 aromatic heterocycles. The standard InChI is InChI=1S/C14H25NO4/c1-6-14(11(16)17,10-8-9-10)15(7-2)12(18)19-13(3,4)5/h10H,6-9H2,1-5H3,(H,16,17). The maximum atomic E-state index is 12.3. The van der Waals surface area contributed by atoms with Crippen molar-refractivity contribution in [3.8, 4) is 0 Å². The van der Waals surface area contributed by atoms with Gasteiger partial charge in [0.25, 0.3) is 0 Å². The number of likely N-dealkylation sites (N-methyl/N-ethyl adjacent to an activating group) is 1. The van der Waals surface area contributed by atoms with Gasteiger partial charge in [0.2, 0.25) is 0 Å². The van der Waals surface area contributed by atoms with Gasteiger partial charge in [-0.05, 0) is 52.9 Å². The van der Waals surface area contributed by atoms with Gasteiger partial charge in [0.05, 0.1) is 0 Å². The van der Waals surface area contributed by atoms with Crippen LogP contribution < -0.4 is 0 Å². The summed E-state index contributed by atoms with van der Waals surface area (Å²) in [6, 6.07) is 0. The summed E-state index contributed by atoms with van der Waals surface area (Å²) in [7, 11) is 0. The minimum Gasteiger partial charge on any atom is -0.479 e. The molecule has 0 aromatic rings. The highest BCUT2D eigenvalue weighted by molar-refractivity contribution is 5.85. The lowest BCUT2D eigenvalue weighted by Crippen LogP contribution is -2.59. The van der Waals surface area contributed by atoms with Crippen molar-refractivity contribution in [3.05, 3.63) is 0 Å². The average Bonchev–Trinajstić information content (AvgIpc) is 3.06. The molecule has 0 radical (unpaired) electrons. The van der Waals surface area contributed by atoms with Crippen molar-refractivity contribution in [2.24, 2.45) is 5.92 Å². The number of carbonyl (C=O) groups excluding carboxylic acids is 1. The van der Waals surface area contributed by atoms with Gasteiger partial charge in [-0.1, -0.05) is 6.92 Å². The summed E-state index contributed by atoms with van der Waals surface area (Å²) in [6.07, 6.45) is 1.59. The fourth-order valence-electron chi connectivity index (χ4n) is 2.59. The second kappa shape index (κ2) is 5.39. The van der Waals surface area contributed by atoms with E-state index in [1.54, 1.807) is 27.7 Å². The molecule has 1 aliphatic carbocycles. The third-order valence-corrected chi connectivity index (χ3v) is 3.57. The maximum Gasteiger partial charge on any atom is 0.411 e. The van der Waals surface area contributed by atoms with Gasteiger partial charge in [-0.25, -0.2) is 9.59 Å². The molecule has 1 fully saturated rings. The fraction of sp³-hybridized carbons (Fsp3) is 0.857. The van der Waals surface area contributed by atoms with Crippen molar-refractivity contribution in [1.82, 2.24) is 4.90 Å². The Morgan fingerprint density at radius 2 is 1.79 bits per heavy atom. The molecule has 0 saturated heterocycles. The Hall–Kier alpha value is -1.26. The molecule has 110 valence electrons. The summed E-state index contributed by atoms with van der Waals surface area (Å²) >= 11 is 0. The molecule has 0 aliphatic heterocycles. The molecule has 0 spiro atoms. The van der Waals surface area contributed by atoms with Gasteiger partial charge in [-0.15, -0.1) is 0 Å². The molecule has 1 amide bonds. The molecule has 5 nitrogen and oxygen atoms in total. The average molecular weight is 271 g/mol. The summed E-state index contributed by atoms with van der Waals surface area (Å²) in [5, 5.41) is 9.63. The number of carboxylic acids is 1. The van der Waals surface area contributed by atoms with Gasteiger partial charge in [0, 0.05) is 6.54 Å². The topological polar surface area (TPSA) is 66.8 Å². The Morgan fingerprint density at radius 1 is 1.26 bits per heavy atom. The minimum atomic E-state index is -1.11. The lowest BCUT2D eigenvalue weighted by atomic mass is 9.88. The molecule has 1 saturated carbocycles. The molecule has 1 rings (SSSR count). The van der Waals surface area contributed by atoms with Crippen molar-refractivity contribution in [3.63, 3.8) is 0 Å². The first-order chi connectivity index (χ1) is 8.69. The predicted molar refractivity (Wildman–Crippen MR) is 72.0 cm³/mol. The third-order valence-electron chi connectivity index (χ3n) is 3.57. The van der Waals surface area contributed by atoms with Crippen LogP contribution in [0.2, 0.25) is 0 Å². The summed E-state index contributed by atoms with van der Waals surface area (Å²) in [5.74, 6) is -0.882. The molecular weight excluding hydrogens is 246 g/mol. The van der Waals surface area contributed by atoms with Crippen LogP contribution in [0.4, 0.5) is 4.79 Å². The smallest absolute Gasteiger partial charge is 0.411 e. The van der Waals surface area contributed by atoms with E-state index >= 15 is 0 Å². The van der Waals surface area contributed by atoms with Crippen LogP contribution in [0.3, 0.4) is 0 Å². The van der Waals surface area contributed by atoms with E-state index in [0.29, 0.717) is 13.0 Å². The van der Waals surface area contributed by atoms with Gasteiger partial charge in [0.15, 0.2) is 0 Å². The molecule has 1 unspecified atom stereocenters. The SMILES string of the molecule is CCN(C(=O)OC(C)(C)C)C(CC)(C(=O)O)C1CC1. The molecule has 1 N–H and O–H groups in total. The van der Waals surface area contributed by atoms with Crippen LogP contribution in [0.15, 0.2) is 0 Å². The first kappa shape index (κ1) is 15.8. The van der Waals surface area contributed by atoms with E-state index in [9.17, 15) is 14.7 Å². The highest BCUT2D eigenvalue weighted by Crippen LogP contribution is 2.45. The second-order valence-electron chi connectivity index (χ2n) is 6.08. The zero-order valence-electron chi connectivity index (χ0n) is 12.5. The Kier molecular flexibility index (Phi) is 4.48. The summed E-state index contributed by atoms with van der Waals surface area (Å²) in [4.78, 5) is 25.4. The summed E-state index contributed by atoms with van der Waals surface area (Å²) < 4.78 is 5.35. The Balaban J connectivity index is 3.03. The van der Waals surface area contributed by atoms with Gasteiger partial charge in [-0.3, -0.25) is 4.90 Å². The monoisotopic (exact) mass is 271 g/mol. The molecule has 19 heavy (non-hydrogen) atoms. The van der Waals surface area contributed by atoms with Crippen molar-refractivity contribution in [2.75, 3.05) is 6.54 Å². The van der Waals surface area contributed by atoms with E-state index in [0.717, 1.165) is 12.8 Å². The number of aliphatic carboxylic acids is 1. The fourth-order valence-corrected chi connectivity index (χ4v) is 2.59. The van der Waals surface area contributed by atoms with Gasteiger partial charge < -0.3 is 9.84 Å². The quantitative estimate of drug-likeness (QED) is 0.835. The van der Waals surface area contributed by atoms with E-state index < -0.39 is 23.2 Å². The van der Waals surface area contributed by atoms with Crippen LogP contribution >= 0.6 is 0 Å². The number of carboxylic acid groups (broad SMARTS) is 1. The van der Waals surface area contributed by atoms with Crippen molar-refractivity contribution in [1.29, 1.82) is 0 Å². The Labute approximate surface area is 114 Å². The van der Waals surface area contributed by atoms with E-state index in [4.69, 9.17) is 4.74 Å². The van der Waals surface area contributed by atoms with Crippen LogP contribution in [0, 0.1) is 5.92 Å². The van der Waals surface area contributed by atoms with Gasteiger partial charge in [0.1, 0.15) is 11.1 Å². The molecule has 1 atom stereocenters. The van der Waals surface area contributed by atoms with Crippen LogP contribution in [-0.2, 0) is 9.53 Å².